The number of benzene rings is 2. The van der Waals surface area contributed by atoms with E-state index in [9.17, 15) is 4.79 Å². The first-order valence-corrected chi connectivity index (χ1v) is 12.6. The maximum atomic E-state index is 12.5. The van der Waals surface area contributed by atoms with E-state index in [1.807, 2.05) is 66.9 Å². The molecule has 3 aromatic heterocycles. The summed E-state index contributed by atoms with van der Waals surface area (Å²) in [4.78, 5) is 21.6. The number of pyridine rings is 1. The number of aromatic nitrogens is 3. The highest BCUT2D eigenvalue weighted by Crippen LogP contribution is 2.28. The Labute approximate surface area is 212 Å². The number of nitrogens with one attached hydrogen (secondary N) is 1. The highest BCUT2D eigenvalue weighted by atomic mass is 35.5. The van der Waals surface area contributed by atoms with Gasteiger partial charge in [0.05, 0.1) is 30.0 Å². The molecule has 0 fully saturated rings. The molecular weight excluding hydrogens is 480 g/mol. The lowest BCUT2D eigenvalue weighted by molar-refractivity contribution is 0.0953. The summed E-state index contributed by atoms with van der Waals surface area (Å²) in [6, 6.07) is 21.2. The predicted molar refractivity (Wildman–Crippen MR) is 139 cm³/mol. The van der Waals surface area contributed by atoms with Gasteiger partial charge in [-0.3, -0.25) is 9.78 Å². The van der Waals surface area contributed by atoms with Gasteiger partial charge < -0.3 is 14.3 Å². The molecule has 8 heteroatoms. The molecule has 0 saturated carbocycles. The summed E-state index contributed by atoms with van der Waals surface area (Å²) < 4.78 is 7.47. The predicted octanol–water partition coefficient (Wildman–Crippen LogP) is 5.99. The Balaban J connectivity index is 1.28. The minimum atomic E-state index is -0.0989. The van der Waals surface area contributed by atoms with Crippen molar-refractivity contribution >= 4 is 40.3 Å². The molecule has 0 spiro atoms. The van der Waals surface area contributed by atoms with Crippen LogP contribution < -0.4 is 5.32 Å². The van der Waals surface area contributed by atoms with E-state index >= 15 is 0 Å². The molecule has 0 aliphatic rings. The van der Waals surface area contributed by atoms with Gasteiger partial charge >= 0.3 is 0 Å². The second-order valence-corrected chi connectivity index (χ2v) is 9.42. The molecule has 5 rings (SSSR count). The first kappa shape index (κ1) is 23.2. The molecule has 0 aliphatic heterocycles. The zero-order valence-corrected chi connectivity index (χ0v) is 20.4. The number of halogens is 1. The van der Waals surface area contributed by atoms with Crippen LogP contribution in [0.5, 0.6) is 0 Å². The highest BCUT2D eigenvalue weighted by molar-refractivity contribution is 7.98. The van der Waals surface area contributed by atoms with Crippen molar-refractivity contribution in [3.8, 4) is 0 Å². The fourth-order valence-electron chi connectivity index (χ4n) is 3.79. The van der Waals surface area contributed by atoms with E-state index in [2.05, 4.69) is 20.9 Å². The molecule has 35 heavy (non-hydrogen) atoms. The highest BCUT2D eigenvalue weighted by Gasteiger charge is 2.13. The van der Waals surface area contributed by atoms with Crippen LogP contribution >= 0.6 is 23.4 Å². The SMILES string of the molecule is O=C(NCCc1ccco1)c1ccc(Cn2c(SCc3cccc(Cl)c3)nc3ccncc32)cc1. The lowest BCUT2D eigenvalue weighted by atomic mass is 10.1. The van der Waals surface area contributed by atoms with Crippen molar-refractivity contribution in [2.24, 2.45) is 0 Å². The molecule has 3 heterocycles. The fourth-order valence-corrected chi connectivity index (χ4v) is 4.96. The number of carbonyl (C=O) groups excluding carboxylic acids is 1. The summed E-state index contributed by atoms with van der Waals surface area (Å²) in [5.74, 6) is 1.51. The van der Waals surface area contributed by atoms with Crippen LogP contribution in [0, 0.1) is 0 Å². The lowest BCUT2D eigenvalue weighted by Gasteiger charge is -2.10. The van der Waals surface area contributed by atoms with Crippen molar-refractivity contribution < 1.29 is 9.21 Å². The van der Waals surface area contributed by atoms with Crippen LogP contribution in [-0.2, 0) is 18.7 Å². The number of nitrogens with zero attached hydrogens (tertiary/aromatic N) is 3. The van der Waals surface area contributed by atoms with Gasteiger partial charge in [0.2, 0.25) is 0 Å². The number of hydrogen-bond donors (Lipinski definition) is 1. The fraction of sp³-hybridized carbons (Fsp3) is 0.148. The van der Waals surface area contributed by atoms with Gasteiger partial charge in [-0.2, -0.15) is 0 Å². The van der Waals surface area contributed by atoms with E-state index in [1.54, 1.807) is 24.2 Å². The van der Waals surface area contributed by atoms with Gasteiger partial charge in [0.1, 0.15) is 5.76 Å². The van der Waals surface area contributed by atoms with Crippen molar-refractivity contribution in [2.75, 3.05) is 6.54 Å². The molecule has 5 aromatic rings. The van der Waals surface area contributed by atoms with E-state index in [1.165, 1.54) is 0 Å². The third kappa shape index (κ3) is 5.75. The van der Waals surface area contributed by atoms with Crippen LogP contribution in [-0.4, -0.2) is 27.0 Å². The summed E-state index contributed by atoms with van der Waals surface area (Å²) in [5.41, 5.74) is 4.72. The molecule has 0 unspecified atom stereocenters. The van der Waals surface area contributed by atoms with Gasteiger partial charge in [0.15, 0.2) is 5.16 Å². The van der Waals surface area contributed by atoms with Crippen LogP contribution in [0.25, 0.3) is 11.0 Å². The van der Waals surface area contributed by atoms with Crippen LogP contribution in [0.15, 0.2) is 95.0 Å². The van der Waals surface area contributed by atoms with Gasteiger partial charge in [0, 0.05) is 35.5 Å². The molecule has 0 saturated heterocycles. The monoisotopic (exact) mass is 502 g/mol. The number of amides is 1. The largest absolute Gasteiger partial charge is 0.469 e. The first-order valence-electron chi connectivity index (χ1n) is 11.2. The molecule has 0 aliphatic carbocycles. The van der Waals surface area contributed by atoms with Gasteiger partial charge in [-0.25, -0.2) is 4.98 Å². The van der Waals surface area contributed by atoms with Gasteiger partial charge in [-0.05, 0) is 53.6 Å². The van der Waals surface area contributed by atoms with Crippen LogP contribution in [0.3, 0.4) is 0 Å². The molecule has 2 aromatic carbocycles. The van der Waals surface area contributed by atoms with E-state index in [0.717, 1.165) is 43.9 Å². The maximum absolute atomic E-state index is 12.5. The third-order valence-electron chi connectivity index (χ3n) is 5.57. The van der Waals surface area contributed by atoms with Gasteiger partial charge in [-0.1, -0.05) is 47.6 Å². The van der Waals surface area contributed by atoms with Crippen LogP contribution in [0.2, 0.25) is 5.02 Å². The smallest absolute Gasteiger partial charge is 0.251 e. The molecule has 0 bridgehead atoms. The molecular formula is C27H23ClN4O2S. The van der Waals surface area contributed by atoms with Crippen molar-refractivity contribution in [1.82, 2.24) is 19.9 Å². The molecule has 0 atom stereocenters. The number of furan rings is 1. The van der Waals surface area contributed by atoms with Crippen LogP contribution in [0.1, 0.15) is 27.2 Å². The number of carbonyl (C=O) groups is 1. The zero-order chi connectivity index (χ0) is 24.0. The van der Waals surface area contributed by atoms with Crippen molar-refractivity contribution in [1.29, 1.82) is 0 Å². The minimum absolute atomic E-state index is 0.0989. The molecule has 176 valence electrons. The Morgan fingerprint density at radius 3 is 2.74 bits per heavy atom. The van der Waals surface area contributed by atoms with E-state index in [0.29, 0.717) is 25.1 Å². The molecule has 6 nitrogen and oxygen atoms in total. The Morgan fingerprint density at radius 1 is 1.06 bits per heavy atom. The summed E-state index contributed by atoms with van der Waals surface area (Å²) in [6.45, 7) is 1.15. The zero-order valence-electron chi connectivity index (χ0n) is 18.9. The number of hydrogen-bond acceptors (Lipinski definition) is 5. The topological polar surface area (TPSA) is 73.0 Å². The maximum Gasteiger partial charge on any atom is 0.251 e. The van der Waals surface area contributed by atoms with E-state index in [-0.39, 0.29) is 5.91 Å². The minimum Gasteiger partial charge on any atom is -0.469 e. The number of thioether (sulfide) groups is 1. The van der Waals surface area contributed by atoms with Gasteiger partial charge in [0.25, 0.3) is 5.91 Å². The standard InChI is InChI=1S/C27H23ClN4O2S/c28-22-4-1-3-20(15-22)18-35-27-31-24-11-12-29-16-25(24)32(27)17-19-6-8-21(9-7-19)26(33)30-13-10-23-5-2-14-34-23/h1-9,11-12,14-16H,10,13,17-18H2,(H,30,33). The van der Waals surface area contributed by atoms with Crippen molar-refractivity contribution in [2.45, 2.75) is 23.9 Å². The first-order chi connectivity index (χ1) is 17.2. The second kappa shape index (κ2) is 10.8. The average molecular weight is 503 g/mol. The Bertz CT molecular complexity index is 1430. The quantitative estimate of drug-likeness (QED) is 0.251. The summed E-state index contributed by atoms with van der Waals surface area (Å²) >= 11 is 7.81. The number of rotatable bonds is 9. The summed E-state index contributed by atoms with van der Waals surface area (Å²) in [7, 11) is 0. The third-order valence-corrected chi connectivity index (χ3v) is 6.85. The van der Waals surface area contributed by atoms with E-state index < -0.39 is 0 Å². The Morgan fingerprint density at radius 2 is 1.94 bits per heavy atom. The lowest BCUT2D eigenvalue weighted by Crippen LogP contribution is -2.25. The van der Waals surface area contributed by atoms with Crippen molar-refractivity contribution in [3.05, 3.63) is 113 Å². The second-order valence-electron chi connectivity index (χ2n) is 8.05. The number of fused-ring (bicyclic) bond motifs is 1. The average Bonchev–Trinajstić information content (AvgIpc) is 3.51. The summed E-state index contributed by atoms with van der Waals surface area (Å²) in [5, 5.41) is 4.57. The number of imidazole rings is 1. The van der Waals surface area contributed by atoms with E-state index in [4.69, 9.17) is 21.0 Å². The molecule has 1 amide bonds. The van der Waals surface area contributed by atoms with Crippen LogP contribution in [0.4, 0.5) is 0 Å². The molecule has 0 radical (unpaired) electrons. The molecule has 1 N–H and O–H groups in total. The Hall–Kier alpha value is -3.55. The summed E-state index contributed by atoms with van der Waals surface area (Å²) in [6.07, 6.45) is 5.89. The Kier molecular flexibility index (Phi) is 7.16. The van der Waals surface area contributed by atoms with Crippen molar-refractivity contribution in [3.63, 3.8) is 0 Å². The van der Waals surface area contributed by atoms with Gasteiger partial charge in [-0.15, -0.1) is 0 Å². The normalized spacial score (nSPS) is 11.1.